The number of fused-ring (bicyclic) bond motifs is 1. The fraction of sp³-hybridized carbons (Fsp3) is 0.478. The van der Waals surface area contributed by atoms with E-state index in [0.29, 0.717) is 42.2 Å². The molecule has 0 fully saturated rings. The highest BCUT2D eigenvalue weighted by Crippen LogP contribution is 2.35. The number of ketones is 1. The van der Waals surface area contributed by atoms with Crippen LogP contribution in [-0.4, -0.2) is 30.5 Å². The van der Waals surface area contributed by atoms with Crippen molar-refractivity contribution in [1.29, 1.82) is 0 Å². The number of nitrogens with one attached hydrogen (secondary N) is 1. The van der Waals surface area contributed by atoms with Gasteiger partial charge in [0, 0.05) is 17.7 Å². The highest BCUT2D eigenvalue weighted by molar-refractivity contribution is 6.03. The Morgan fingerprint density at radius 3 is 2.46 bits per heavy atom. The highest BCUT2D eigenvalue weighted by atomic mass is 16.5. The van der Waals surface area contributed by atoms with Crippen LogP contribution in [0.4, 0.5) is 0 Å². The SMILES string of the molecule is CCC(CC)COC(=O)c1[nH]c2c(c1C)C(=O)C[C@H](c1ccc(OC)cc1)C2. The van der Waals surface area contributed by atoms with Gasteiger partial charge in [-0.05, 0) is 48.4 Å². The summed E-state index contributed by atoms with van der Waals surface area (Å²) >= 11 is 0. The Balaban J connectivity index is 1.79. The summed E-state index contributed by atoms with van der Waals surface area (Å²) < 4.78 is 10.7. The third kappa shape index (κ3) is 3.98. The molecule has 0 aliphatic heterocycles. The van der Waals surface area contributed by atoms with E-state index in [1.54, 1.807) is 7.11 Å². The van der Waals surface area contributed by atoms with E-state index in [1.807, 2.05) is 31.2 Å². The molecular weight excluding hydrogens is 354 g/mol. The van der Waals surface area contributed by atoms with Crippen LogP contribution in [0.1, 0.15) is 76.7 Å². The smallest absolute Gasteiger partial charge is 0.355 e. The summed E-state index contributed by atoms with van der Waals surface area (Å²) in [5, 5.41) is 0. The zero-order valence-corrected chi connectivity index (χ0v) is 17.1. The number of ether oxygens (including phenoxy) is 2. The Kier molecular flexibility index (Phi) is 6.22. The number of carbonyl (C=O) groups is 2. The largest absolute Gasteiger partial charge is 0.497 e. The maximum Gasteiger partial charge on any atom is 0.355 e. The van der Waals surface area contributed by atoms with Gasteiger partial charge in [0.1, 0.15) is 11.4 Å². The standard InChI is InChI=1S/C23H29NO4/c1-5-15(6-2)13-28-23(26)22-14(3)21-19(24-22)11-17(12-20(21)25)16-7-9-18(27-4)10-8-16/h7-10,15,17,24H,5-6,11-13H2,1-4H3/t17-/m1/s1. The van der Waals surface area contributed by atoms with Crippen LogP contribution in [-0.2, 0) is 11.2 Å². The van der Waals surface area contributed by atoms with Gasteiger partial charge >= 0.3 is 5.97 Å². The molecule has 0 amide bonds. The lowest BCUT2D eigenvalue weighted by molar-refractivity contribution is 0.0426. The minimum absolute atomic E-state index is 0.0786. The van der Waals surface area contributed by atoms with Gasteiger partial charge in [-0.15, -0.1) is 0 Å². The van der Waals surface area contributed by atoms with Gasteiger partial charge in [0.15, 0.2) is 5.78 Å². The van der Waals surface area contributed by atoms with Crippen molar-refractivity contribution in [2.45, 2.75) is 52.4 Å². The molecule has 0 saturated heterocycles. The molecule has 1 heterocycles. The van der Waals surface area contributed by atoms with Crippen LogP contribution in [0.25, 0.3) is 0 Å². The van der Waals surface area contributed by atoms with Gasteiger partial charge in [-0.2, -0.15) is 0 Å². The van der Waals surface area contributed by atoms with Crippen molar-refractivity contribution in [2.75, 3.05) is 13.7 Å². The van der Waals surface area contributed by atoms with E-state index in [9.17, 15) is 9.59 Å². The molecule has 0 radical (unpaired) electrons. The Hall–Kier alpha value is -2.56. The van der Waals surface area contributed by atoms with Crippen LogP contribution >= 0.6 is 0 Å². The quantitative estimate of drug-likeness (QED) is 0.695. The van der Waals surface area contributed by atoms with E-state index in [-0.39, 0.29) is 17.7 Å². The normalized spacial score (nSPS) is 16.2. The third-order valence-electron chi connectivity index (χ3n) is 5.88. The number of rotatable bonds is 7. The molecule has 0 saturated carbocycles. The number of methoxy groups -OCH3 is 1. The Morgan fingerprint density at radius 1 is 1.18 bits per heavy atom. The molecule has 5 nitrogen and oxygen atoms in total. The van der Waals surface area contributed by atoms with Gasteiger partial charge in [0.05, 0.1) is 13.7 Å². The van der Waals surface area contributed by atoms with Gasteiger partial charge in [0.2, 0.25) is 0 Å². The zero-order valence-electron chi connectivity index (χ0n) is 17.1. The van der Waals surface area contributed by atoms with E-state index in [0.717, 1.165) is 29.8 Å². The number of aromatic amines is 1. The van der Waals surface area contributed by atoms with Crippen LogP contribution in [0.3, 0.4) is 0 Å². The van der Waals surface area contributed by atoms with Gasteiger partial charge in [-0.25, -0.2) is 4.79 Å². The second kappa shape index (κ2) is 8.63. The molecule has 0 unspecified atom stereocenters. The molecule has 1 aliphatic rings. The van der Waals surface area contributed by atoms with Crippen LogP contribution in [0.5, 0.6) is 5.75 Å². The van der Waals surface area contributed by atoms with E-state index < -0.39 is 0 Å². The minimum atomic E-state index is -0.368. The first kappa shape index (κ1) is 20.2. The van der Waals surface area contributed by atoms with Crippen molar-refractivity contribution in [2.24, 2.45) is 5.92 Å². The van der Waals surface area contributed by atoms with Crippen molar-refractivity contribution in [3.05, 3.63) is 52.3 Å². The fourth-order valence-corrected chi connectivity index (χ4v) is 3.94. The first-order valence-electron chi connectivity index (χ1n) is 10.0. The summed E-state index contributed by atoms with van der Waals surface area (Å²) in [6, 6.07) is 7.83. The molecule has 2 aromatic rings. The third-order valence-corrected chi connectivity index (χ3v) is 5.88. The lowest BCUT2D eigenvalue weighted by atomic mass is 9.81. The lowest BCUT2D eigenvalue weighted by Gasteiger charge is -2.22. The average molecular weight is 383 g/mol. The van der Waals surface area contributed by atoms with E-state index in [2.05, 4.69) is 18.8 Å². The average Bonchev–Trinajstić information content (AvgIpc) is 3.05. The van der Waals surface area contributed by atoms with Crippen molar-refractivity contribution in [3.63, 3.8) is 0 Å². The zero-order chi connectivity index (χ0) is 20.3. The van der Waals surface area contributed by atoms with Crippen LogP contribution in [0.15, 0.2) is 24.3 Å². The van der Waals surface area contributed by atoms with E-state index >= 15 is 0 Å². The molecular formula is C23H29NO4. The van der Waals surface area contributed by atoms with Crippen LogP contribution < -0.4 is 4.74 Å². The summed E-state index contributed by atoms with van der Waals surface area (Å²) in [6.07, 6.45) is 3.10. The number of carbonyl (C=O) groups excluding carboxylic acids is 2. The fourth-order valence-electron chi connectivity index (χ4n) is 3.94. The van der Waals surface area contributed by atoms with E-state index in [4.69, 9.17) is 9.47 Å². The number of hydrogen-bond donors (Lipinski definition) is 1. The monoisotopic (exact) mass is 383 g/mol. The first-order chi connectivity index (χ1) is 13.5. The Bertz CT molecular complexity index is 846. The molecule has 1 aromatic heterocycles. The number of H-pyrrole nitrogens is 1. The van der Waals surface area contributed by atoms with Crippen LogP contribution in [0.2, 0.25) is 0 Å². The van der Waals surface area contributed by atoms with Gasteiger partial charge in [-0.3, -0.25) is 4.79 Å². The molecule has 1 aromatic carbocycles. The number of esters is 1. The van der Waals surface area contributed by atoms with Gasteiger partial charge in [-0.1, -0.05) is 38.8 Å². The number of benzene rings is 1. The summed E-state index contributed by atoms with van der Waals surface area (Å²) in [5.41, 5.74) is 3.73. The second-order valence-corrected chi connectivity index (χ2v) is 7.56. The topological polar surface area (TPSA) is 68.4 Å². The number of aromatic nitrogens is 1. The summed E-state index contributed by atoms with van der Waals surface area (Å²) in [4.78, 5) is 28.6. The molecule has 1 N–H and O–H groups in total. The number of Topliss-reactive ketones (excluding diaryl/α,β-unsaturated/α-hetero) is 1. The predicted octanol–water partition coefficient (Wildman–Crippen LogP) is 4.84. The predicted molar refractivity (Wildman–Crippen MR) is 108 cm³/mol. The maximum atomic E-state index is 12.8. The molecule has 0 bridgehead atoms. The molecule has 150 valence electrons. The van der Waals surface area contributed by atoms with E-state index in [1.165, 1.54) is 0 Å². The van der Waals surface area contributed by atoms with Crippen molar-refractivity contribution >= 4 is 11.8 Å². The Labute approximate surface area is 166 Å². The minimum Gasteiger partial charge on any atom is -0.497 e. The lowest BCUT2D eigenvalue weighted by Crippen LogP contribution is -2.18. The van der Waals surface area contributed by atoms with Crippen LogP contribution in [0, 0.1) is 12.8 Å². The first-order valence-corrected chi connectivity index (χ1v) is 10.0. The molecule has 3 rings (SSSR count). The molecule has 5 heteroatoms. The second-order valence-electron chi connectivity index (χ2n) is 7.56. The molecule has 1 atom stereocenters. The van der Waals surface area contributed by atoms with Crippen molar-refractivity contribution in [3.8, 4) is 5.75 Å². The molecule has 0 spiro atoms. The van der Waals surface area contributed by atoms with Crippen molar-refractivity contribution in [1.82, 2.24) is 4.98 Å². The number of hydrogen-bond acceptors (Lipinski definition) is 4. The van der Waals surface area contributed by atoms with Gasteiger partial charge in [0.25, 0.3) is 0 Å². The summed E-state index contributed by atoms with van der Waals surface area (Å²) in [5.74, 6) is 0.972. The summed E-state index contributed by atoms with van der Waals surface area (Å²) in [6.45, 7) is 6.43. The van der Waals surface area contributed by atoms with Gasteiger partial charge < -0.3 is 14.5 Å². The molecule has 28 heavy (non-hydrogen) atoms. The molecule has 1 aliphatic carbocycles. The Morgan fingerprint density at radius 2 is 1.86 bits per heavy atom. The van der Waals surface area contributed by atoms with Crippen molar-refractivity contribution < 1.29 is 19.1 Å². The maximum absolute atomic E-state index is 12.8. The summed E-state index contributed by atoms with van der Waals surface area (Å²) in [7, 11) is 1.64. The highest BCUT2D eigenvalue weighted by Gasteiger charge is 2.32.